The Labute approximate surface area is 54.7 Å². The molecule has 0 saturated heterocycles. The van der Waals surface area contributed by atoms with Crippen LogP contribution in [0.1, 0.15) is 0 Å². The van der Waals surface area contributed by atoms with Gasteiger partial charge in [0.1, 0.15) is 0 Å². The molecule has 0 aliphatic rings. The Morgan fingerprint density at radius 1 is 0.500 bits per heavy atom. The van der Waals surface area contributed by atoms with Gasteiger partial charge in [0.15, 0.2) is 0 Å². The van der Waals surface area contributed by atoms with E-state index in [1.54, 1.807) is 0 Å². The molecule has 0 fully saturated rings. The molecule has 4 heteroatoms. The van der Waals surface area contributed by atoms with E-state index in [9.17, 15) is 0 Å². The molecule has 0 bridgehead atoms. The van der Waals surface area contributed by atoms with E-state index >= 15 is 0 Å². The molecule has 0 spiro atoms. The Bertz CT molecular complexity index is 3.25. The molecule has 4 heavy (non-hydrogen) atoms. The van der Waals surface area contributed by atoms with Crippen LogP contribution >= 0.6 is 37.2 Å². The van der Waals surface area contributed by atoms with Crippen LogP contribution in [0.3, 0.4) is 0 Å². The monoisotopic (exact) mass is 135 g/mol. The van der Waals surface area contributed by atoms with Crippen LogP contribution in [0.2, 0.25) is 0 Å². The summed E-state index contributed by atoms with van der Waals surface area (Å²) in [5.41, 5.74) is 0. The van der Waals surface area contributed by atoms with Crippen molar-refractivity contribution in [3.8, 4) is 0 Å². The maximum absolute atomic E-state index is 0. The number of hydrogen-bond donors (Lipinski definition) is 0. The molecule has 0 aliphatic carbocycles. The first kappa shape index (κ1) is 53.2. The summed E-state index contributed by atoms with van der Waals surface area (Å²) >= 11 is 0. The van der Waals surface area contributed by atoms with Gasteiger partial charge in [-0.1, -0.05) is 0 Å². The van der Waals surface area contributed by atoms with E-state index in [0.717, 1.165) is 0 Å². The predicted molar refractivity (Wildman–Crippen MR) is 27.5 cm³/mol. The van der Waals surface area contributed by atoms with Gasteiger partial charge in [0.2, 0.25) is 0 Å². The second kappa shape index (κ2) is 25.9. The smallest absolute Gasteiger partial charge is 0.147 e. The molecule has 0 N–H and O–H groups in total. The SMILES string of the molecule is Cl.Cl.Cl.[Al+3]. The minimum atomic E-state index is 0. The van der Waals surface area contributed by atoms with Crippen molar-refractivity contribution >= 4 is 54.6 Å². The van der Waals surface area contributed by atoms with Crippen LogP contribution in [0, 0.1) is 0 Å². The van der Waals surface area contributed by atoms with Crippen molar-refractivity contribution in [1.82, 2.24) is 0 Å². The molecule has 0 aliphatic heterocycles. The van der Waals surface area contributed by atoms with Gasteiger partial charge in [-0.05, 0) is 0 Å². The number of hydrogen-bond acceptors (Lipinski definition) is 0. The minimum Gasteiger partial charge on any atom is -0.147 e. The summed E-state index contributed by atoms with van der Waals surface area (Å²) in [4.78, 5) is 0. The van der Waals surface area contributed by atoms with Gasteiger partial charge < -0.3 is 0 Å². The molecule has 24 valence electrons. The van der Waals surface area contributed by atoms with Crippen LogP contribution in [0.15, 0.2) is 0 Å². The van der Waals surface area contributed by atoms with Crippen molar-refractivity contribution < 1.29 is 0 Å². The summed E-state index contributed by atoms with van der Waals surface area (Å²) in [7, 11) is 0. The molecule has 0 aromatic carbocycles. The first-order chi connectivity index (χ1) is 0. The van der Waals surface area contributed by atoms with Gasteiger partial charge >= 0.3 is 17.4 Å². The predicted octanol–water partition coefficient (Wildman–Crippen LogP) is 0.885. The van der Waals surface area contributed by atoms with E-state index in [1.165, 1.54) is 0 Å². The van der Waals surface area contributed by atoms with Crippen molar-refractivity contribution in [3.05, 3.63) is 0 Å². The van der Waals surface area contributed by atoms with Gasteiger partial charge in [0.25, 0.3) is 0 Å². The minimum absolute atomic E-state index is 0. The van der Waals surface area contributed by atoms with Crippen LogP contribution in [0.5, 0.6) is 0 Å². The number of halogens is 3. The molecular weight excluding hydrogens is 133 g/mol. The third-order valence-electron chi connectivity index (χ3n) is 0. The Morgan fingerprint density at radius 2 is 0.500 bits per heavy atom. The summed E-state index contributed by atoms with van der Waals surface area (Å²) in [6.07, 6.45) is 0. The fraction of sp³-hybridized carbons (Fsp3) is 0. The molecule has 0 heterocycles. The van der Waals surface area contributed by atoms with Gasteiger partial charge in [-0.25, -0.2) is 0 Å². The van der Waals surface area contributed by atoms with Crippen molar-refractivity contribution in [2.45, 2.75) is 0 Å². The van der Waals surface area contributed by atoms with E-state index in [1.807, 2.05) is 0 Å². The molecule has 0 aromatic rings. The molecular formula is H3AlCl3+3. The van der Waals surface area contributed by atoms with E-state index in [0.29, 0.717) is 0 Å². The van der Waals surface area contributed by atoms with Crippen LogP contribution in [0.25, 0.3) is 0 Å². The quantitative estimate of drug-likeness (QED) is 0.434. The average Bonchev–Trinajstić information content (AvgIpc) is 0. The summed E-state index contributed by atoms with van der Waals surface area (Å²) in [6, 6.07) is 0. The van der Waals surface area contributed by atoms with Gasteiger partial charge in [-0.15, -0.1) is 37.2 Å². The van der Waals surface area contributed by atoms with Gasteiger partial charge in [0, 0.05) is 0 Å². The Hall–Kier alpha value is 1.40. The molecule has 0 amide bonds. The fourth-order valence-corrected chi connectivity index (χ4v) is 0. The molecule has 0 nitrogen and oxygen atoms in total. The van der Waals surface area contributed by atoms with E-state index < -0.39 is 0 Å². The van der Waals surface area contributed by atoms with Crippen molar-refractivity contribution in [2.75, 3.05) is 0 Å². The van der Waals surface area contributed by atoms with Gasteiger partial charge in [-0.2, -0.15) is 0 Å². The van der Waals surface area contributed by atoms with E-state index in [-0.39, 0.29) is 54.6 Å². The zero-order valence-electron chi connectivity index (χ0n) is 1.80. The Kier molecular flexibility index (Phi) is 345. The van der Waals surface area contributed by atoms with Crippen molar-refractivity contribution in [3.63, 3.8) is 0 Å². The third kappa shape index (κ3) is 9.98. The molecule has 0 unspecified atom stereocenters. The maximum atomic E-state index is 0. The maximum Gasteiger partial charge on any atom is 3.00 e. The van der Waals surface area contributed by atoms with Crippen LogP contribution in [0.4, 0.5) is 0 Å². The van der Waals surface area contributed by atoms with Crippen LogP contribution < -0.4 is 0 Å². The summed E-state index contributed by atoms with van der Waals surface area (Å²) in [5, 5.41) is 0. The standard InChI is InChI=1S/Al.3ClH/h;3*1H/q+3;;;. The molecule has 0 radical (unpaired) electrons. The van der Waals surface area contributed by atoms with Crippen LogP contribution in [-0.2, 0) is 0 Å². The molecule has 0 rings (SSSR count). The summed E-state index contributed by atoms with van der Waals surface area (Å²) in [5.74, 6) is 0. The largest absolute Gasteiger partial charge is 3.00 e. The zero-order valence-corrected chi connectivity index (χ0v) is 5.41. The van der Waals surface area contributed by atoms with Crippen molar-refractivity contribution in [2.24, 2.45) is 0 Å². The first-order valence-corrected chi connectivity index (χ1v) is 0. The van der Waals surface area contributed by atoms with Gasteiger partial charge in [0.05, 0.1) is 0 Å². The molecule has 0 saturated carbocycles. The zero-order chi connectivity index (χ0) is 0. The second-order valence-electron chi connectivity index (χ2n) is 0. The normalized spacial score (nSPS) is 0. The number of rotatable bonds is 0. The van der Waals surface area contributed by atoms with E-state index in [2.05, 4.69) is 0 Å². The summed E-state index contributed by atoms with van der Waals surface area (Å²) in [6.45, 7) is 0. The van der Waals surface area contributed by atoms with Gasteiger partial charge in [-0.3, -0.25) is 0 Å². The molecule has 0 atom stereocenters. The summed E-state index contributed by atoms with van der Waals surface area (Å²) < 4.78 is 0. The fourth-order valence-electron chi connectivity index (χ4n) is 0. The van der Waals surface area contributed by atoms with E-state index in [4.69, 9.17) is 0 Å². The first-order valence-electron chi connectivity index (χ1n) is 0. The Balaban J connectivity index is 0. The average molecular weight is 136 g/mol. The second-order valence-corrected chi connectivity index (χ2v) is 0. The van der Waals surface area contributed by atoms with Crippen LogP contribution in [-0.4, -0.2) is 17.4 Å². The topological polar surface area (TPSA) is 0 Å². The van der Waals surface area contributed by atoms with Crippen molar-refractivity contribution in [1.29, 1.82) is 0 Å². The third-order valence-corrected chi connectivity index (χ3v) is 0. The Morgan fingerprint density at radius 3 is 0.500 bits per heavy atom. The molecule has 0 aromatic heterocycles.